The molecule has 118 valence electrons. The summed E-state index contributed by atoms with van der Waals surface area (Å²) < 4.78 is 11.4. The molecule has 0 saturated carbocycles. The monoisotopic (exact) mass is 443 g/mol. The number of cyclic esters (lactones) is 1. The molecule has 1 aromatic rings. The fourth-order valence-electron chi connectivity index (χ4n) is 2.17. The fourth-order valence-corrected chi connectivity index (χ4v) is 3.12. The summed E-state index contributed by atoms with van der Waals surface area (Å²) in [5.41, 5.74) is 0.519. The highest BCUT2D eigenvalue weighted by Gasteiger charge is 2.39. The number of ether oxygens (including phenoxy) is 2. The molecule has 1 fully saturated rings. The highest BCUT2D eigenvalue weighted by Crippen LogP contribution is 2.47. The van der Waals surface area contributed by atoms with E-state index in [0.717, 1.165) is 5.56 Å². The van der Waals surface area contributed by atoms with Crippen LogP contribution in [-0.4, -0.2) is 24.9 Å². The summed E-state index contributed by atoms with van der Waals surface area (Å²) >= 11 is 6.77. The molecule has 1 aliphatic rings. The van der Waals surface area contributed by atoms with Crippen LogP contribution in [0.4, 0.5) is 4.79 Å². The number of halogens is 3. The van der Waals surface area contributed by atoms with Crippen LogP contribution in [0.5, 0.6) is 11.5 Å². The van der Waals surface area contributed by atoms with E-state index in [1.165, 1.54) is 7.11 Å². The van der Waals surface area contributed by atoms with Gasteiger partial charge in [0.25, 0.3) is 0 Å². The Hall–Kier alpha value is -0.660. The number of phenols is 1. The second kappa shape index (κ2) is 6.62. The van der Waals surface area contributed by atoms with E-state index in [1.54, 1.807) is 6.07 Å². The van der Waals surface area contributed by atoms with Crippen molar-refractivity contribution >= 4 is 50.4 Å². The molecule has 5 nitrogen and oxygen atoms in total. The normalized spacial score (nSPS) is 20.0. The second-order valence-electron chi connectivity index (χ2n) is 5.29. The third-order valence-corrected chi connectivity index (χ3v) is 5.48. The van der Waals surface area contributed by atoms with Crippen molar-refractivity contribution in [3.05, 3.63) is 20.6 Å². The van der Waals surface area contributed by atoms with Gasteiger partial charge in [-0.2, -0.15) is 0 Å². The van der Waals surface area contributed by atoms with Gasteiger partial charge in [-0.15, -0.1) is 12.4 Å². The zero-order chi connectivity index (χ0) is 15.1. The molecule has 0 bridgehead atoms. The minimum atomic E-state index is -0.454. The zero-order valence-corrected chi connectivity index (χ0v) is 15.7. The molecule has 0 unspecified atom stereocenters. The molecule has 0 radical (unpaired) electrons. The standard InChI is InChI=1S/C13H15Br2NO4.ClH/c1-13(2)5-20-12(18)16-11(13)6-4-7(19-3)10(17)9(15)8(6)14;/h4,11,17H,5H2,1-3H3,(H,16,18);1H/t11-;/m0./s1. The average Bonchev–Trinajstić information content (AvgIpc) is 2.40. The fraction of sp³-hybridized carbons (Fsp3) is 0.462. The zero-order valence-electron chi connectivity index (χ0n) is 11.7. The summed E-state index contributed by atoms with van der Waals surface area (Å²) in [6, 6.07) is 1.45. The van der Waals surface area contributed by atoms with Crippen molar-refractivity contribution in [3.63, 3.8) is 0 Å². The number of nitrogens with one attached hydrogen (secondary N) is 1. The van der Waals surface area contributed by atoms with Crippen molar-refractivity contribution in [1.29, 1.82) is 0 Å². The van der Waals surface area contributed by atoms with E-state index in [2.05, 4.69) is 37.2 Å². The molecule has 21 heavy (non-hydrogen) atoms. The van der Waals surface area contributed by atoms with Crippen LogP contribution in [0.2, 0.25) is 0 Å². The molecular weight excluding hydrogens is 429 g/mol. The smallest absolute Gasteiger partial charge is 0.407 e. The largest absolute Gasteiger partial charge is 0.503 e. The Kier molecular flexibility index (Phi) is 5.80. The third kappa shape index (κ3) is 3.40. The molecule has 0 aliphatic carbocycles. The number of carbonyl (C=O) groups is 1. The summed E-state index contributed by atoms with van der Waals surface area (Å²) in [6.45, 7) is 4.31. The number of hydrogen-bond donors (Lipinski definition) is 2. The Morgan fingerprint density at radius 2 is 2.05 bits per heavy atom. The maximum absolute atomic E-state index is 11.5. The molecule has 2 N–H and O–H groups in total. The Bertz CT molecular complexity index is 566. The SMILES string of the molecule is COc1cc([C@@H]2NC(=O)OCC2(C)C)c(Br)c(Br)c1O.Cl. The van der Waals surface area contributed by atoms with Crippen molar-refractivity contribution < 1.29 is 19.4 Å². The van der Waals surface area contributed by atoms with E-state index in [9.17, 15) is 9.90 Å². The number of hydrogen-bond acceptors (Lipinski definition) is 4. The van der Waals surface area contributed by atoms with Crippen molar-refractivity contribution in [2.24, 2.45) is 5.41 Å². The van der Waals surface area contributed by atoms with E-state index in [-0.39, 0.29) is 29.6 Å². The minimum absolute atomic E-state index is 0. The van der Waals surface area contributed by atoms with Crippen LogP contribution in [0.3, 0.4) is 0 Å². The molecule has 2 rings (SSSR count). The van der Waals surface area contributed by atoms with E-state index in [0.29, 0.717) is 21.3 Å². The van der Waals surface area contributed by atoms with E-state index >= 15 is 0 Å². The van der Waals surface area contributed by atoms with Gasteiger partial charge in [0, 0.05) is 9.89 Å². The van der Waals surface area contributed by atoms with Gasteiger partial charge in [0.05, 0.1) is 17.6 Å². The topological polar surface area (TPSA) is 67.8 Å². The summed E-state index contributed by atoms with van der Waals surface area (Å²) in [5, 5.41) is 12.8. The Morgan fingerprint density at radius 1 is 1.43 bits per heavy atom. The maximum atomic E-state index is 11.5. The Labute approximate surface area is 146 Å². The van der Waals surface area contributed by atoms with Gasteiger partial charge in [-0.25, -0.2) is 4.79 Å². The number of benzene rings is 1. The van der Waals surface area contributed by atoms with Crippen molar-refractivity contribution in [1.82, 2.24) is 5.32 Å². The van der Waals surface area contributed by atoms with Crippen molar-refractivity contribution in [2.75, 3.05) is 13.7 Å². The molecule has 1 heterocycles. The van der Waals surface area contributed by atoms with Gasteiger partial charge in [-0.3, -0.25) is 0 Å². The molecule has 1 aromatic carbocycles. The lowest BCUT2D eigenvalue weighted by Crippen LogP contribution is -2.47. The number of phenolic OH excluding ortho intramolecular Hbond substituents is 1. The number of carbonyl (C=O) groups excluding carboxylic acids is 1. The quantitative estimate of drug-likeness (QED) is 0.718. The number of amides is 1. The maximum Gasteiger partial charge on any atom is 0.407 e. The predicted octanol–water partition coefficient (Wildman–Crippen LogP) is 4.15. The lowest BCUT2D eigenvalue weighted by Gasteiger charge is -2.39. The summed E-state index contributed by atoms with van der Waals surface area (Å²) in [4.78, 5) is 11.5. The van der Waals surface area contributed by atoms with E-state index in [1.807, 2.05) is 13.8 Å². The third-order valence-electron chi connectivity index (χ3n) is 3.32. The van der Waals surface area contributed by atoms with Gasteiger partial charge >= 0.3 is 6.09 Å². The molecule has 8 heteroatoms. The van der Waals surface area contributed by atoms with Crippen molar-refractivity contribution in [2.45, 2.75) is 19.9 Å². The van der Waals surface area contributed by atoms with Crippen LogP contribution in [0.1, 0.15) is 25.5 Å². The van der Waals surface area contributed by atoms with Gasteiger partial charge < -0.3 is 19.9 Å². The molecule has 0 aromatic heterocycles. The number of aromatic hydroxyl groups is 1. The second-order valence-corrected chi connectivity index (χ2v) is 6.87. The number of alkyl carbamates (subject to hydrolysis) is 1. The molecule has 1 saturated heterocycles. The number of rotatable bonds is 2. The summed E-state index contributed by atoms with van der Waals surface area (Å²) in [5.74, 6) is 0.353. The van der Waals surface area contributed by atoms with Crippen LogP contribution >= 0.6 is 44.3 Å². The first kappa shape index (κ1) is 18.4. The Morgan fingerprint density at radius 3 is 2.62 bits per heavy atom. The van der Waals surface area contributed by atoms with Crippen LogP contribution in [-0.2, 0) is 4.74 Å². The van der Waals surface area contributed by atoms with E-state index in [4.69, 9.17) is 9.47 Å². The Balaban J connectivity index is 0.00000220. The first-order chi connectivity index (χ1) is 9.27. The average molecular weight is 446 g/mol. The molecule has 0 spiro atoms. The van der Waals surface area contributed by atoms with Gasteiger partial charge in [-0.1, -0.05) is 13.8 Å². The summed E-state index contributed by atoms with van der Waals surface area (Å²) in [7, 11) is 1.48. The molecule has 1 amide bonds. The van der Waals surface area contributed by atoms with Crippen LogP contribution in [0.15, 0.2) is 15.0 Å². The van der Waals surface area contributed by atoms with Crippen LogP contribution < -0.4 is 10.1 Å². The van der Waals surface area contributed by atoms with Gasteiger partial charge in [0.15, 0.2) is 11.5 Å². The summed E-state index contributed by atoms with van der Waals surface area (Å²) in [6.07, 6.45) is -0.454. The van der Waals surface area contributed by atoms with Gasteiger partial charge in [0.1, 0.15) is 6.61 Å². The first-order valence-corrected chi connectivity index (χ1v) is 7.54. The lowest BCUT2D eigenvalue weighted by atomic mass is 9.80. The van der Waals surface area contributed by atoms with Gasteiger partial charge in [0.2, 0.25) is 0 Å². The molecular formula is C13H16Br2ClNO4. The molecule has 1 aliphatic heterocycles. The number of methoxy groups -OCH3 is 1. The van der Waals surface area contributed by atoms with Gasteiger partial charge in [-0.05, 0) is 43.5 Å². The highest BCUT2D eigenvalue weighted by molar-refractivity contribution is 9.13. The molecule has 1 atom stereocenters. The van der Waals surface area contributed by atoms with Crippen molar-refractivity contribution in [3.8, 4) is 11.5 Å². The van der Waals surface area contributed by atoms with Crippen LogP contribution in [0, 0.1) is 5.41 Å². The lowest BCUT2D eigenvalue weighted by molar-refractivity contribution is 0.0384. The minimum Gasteiger partial charge on any atom is -0.503 e. The predicted molar refractivity (Wildman–Crippen MR) is 88.3 cm³/mol. The highest BCUT2D eigenvalue weighted by atomic mass is 79.9. The van der Waals surface area contributed by atoms with Crippen LogP contribution in [0.25, 0.3) is 0 Å². The first-order valence-electron chi connectivity index (χ1n) is 5.96. The van der Waals surface area contributed by atoms with E-state index < -0.39 is 6.09 Å².